The predicted octanol–water partition coefficient (Wildman–Crippen LogP) is 5.35. The standard InChI is InChI=1S/C21H24F4O2/c1-14-6-5-7-15(10-14)12-20(26,21(23,24)25)13-19(2,3)17-11-16(22)8-9-18(17)27-4/h5-11,26H,12-13H2,1-4H3. The van der Waals surface area contributed by atoms with Crippen LogP contribution in [0, 0.1) is 12.7 Å². The molecule has 0 saturated carbocycles. The molecule has 0 fully saturated rings. The molecule has 2 aromatic rings. The molecular weight excluding hydrogens is 360 g/mol. The first-order chi connectivity index (χ1) is 12.4. The summed E-state index contributed by atoms with van der Waals surface area (Å²) in [6, 6.07) is 10.3. The Kier molecular flexibility index (Phi) is 5.90. The van der Waals surface area contributed by atoms with Crippen LogP contribution in [0.1, 0.15) is 37.0 Å². The van der Waals surface area contributed by atoms with Gasteiger partial charge in [0.1, 0.15) is 11.6 Å². The van der Waals surface area contributed by atoms with E-state index < -0.39 is 35.9 Å². The molecule has 2 aromatic carbocycles. The molecule has 0 radical (unpaired) electrons. The molecular formula is C21H24F4O2. The monoisotopic (exact) mass is 384 g/mol. The van der Waals surface area contributed by atoms with Gasteiger partial charge in [-0.05, 0) is 42.5 Å². The Labute approximate surface area is 156 Å². The van der Waals surface area contributed by atoms with Crippen molar-refractivity contribution in [2.45, 2.75) is 50.8 Å². The smallest absolute Gasteiger partial charge is 0.417 e. The highest BCUT2D eigenvalue weighted by atomic mass is 19.4. The lowest BCUT2D eigenvalue weighted by atomic mass is 9.72. The summed E-state index contributed by atoms with van der Waals surface area (Å²) in [6.07, 6.45) is -6.08. The molecule has 1 N–H and O–H groups in total. The van der Waals surface area contributed by atoms with Crippen molar-refractivity contribution in [2.24, 2.45) is 0 Å². The topological polar surface area (TPSA) is 29.5 Å². The minimum absolute atomic E-state index is 0.275. The van der Waals surface area contributed by atoms with Gasteiger partial charge in [0.15, 0.2) is 5.60 Å². The van der Waals surface area contributed by atoms with Crippen LogP contribution in [-0.2, 0) is 11.8 Å². The number of methoxy groups -OCH3 is 1. The zero-order chi connectivity index (χ0) is 20.5. The van der Waals surface area contributed by atoms with Crippen molar-refractivity contribution in [1.29, 1.82) is 0 Å². The highest BCUT2D eigenvalue weighted by Crippen LogP contribution is 2.45. The second-order valence-corrected chi connectivity index (χ2v) is 7.60. The van der Waals surface area contributed by atoms with Crippen LogP contribution in [0.15, 0.2) is 42.5 Å². The molecule has 0 aliphatic rings. The van der Waals surface area contributed by atoms with Crippen LogP contribution in [-0.4, -0.2) is 24.0 Å². The van der Waals surface area contributed by atoms with E-state index in [-0.39, 0.29) is 11.3 Å². The average Bonchev–Trinajstić information content (AvgIpc) is 2.53. The lowest BCUT2D eigenvalue weighted by Crippen LogP contribution is -2.50. The van der Waals surface area contributed by atoms with E-state index in [1.54, 1.807) is 31.2 Å². The second-order valence-electron chi connectivity index (χ2n) is 7.60. The summed E-state index contributed by atoms with van der Waals surface area (Å²) < 4.78 is 60.5. The molecule has 0 bridgehead atoms. The molecule has 2 nitrogen and oxygen atoms in total. The fraction of sp³-hybridized carbons (Fsp3) is 0.429. The van der Waals surface area contributed by atoms with Crippen LogP contribution in [0.2, 0.25) is 0 Å². The molecule has 0 amide bonds. The van der Waals surface area contributed by atoms with Crippen LogP contribution in [0.3, 0.4) is 0 Å². The Morgan fingerprint density at radius 3 is 2.26 bits per heavy atom. The second kappa shape index (κ2) is 7.50. The van der Waals surface area contributed by atoms with Crippen LogP contribution in [0.5, 0.6) is 5.75 Å². The molecule has 0 aliphatic carbocycles. The lowest BCUT2D eigenvalue weighted by Gasteiger charge is -2.38. The summed E-state index contributed by atoms with van der Waals surface area (Å²) in [4.78, 5) is 0. The van der Waals surface area contributed by atoms with Gasteiger partial charge < -0.3 is 9.84 Å². The predicted molar refractivity (Wildman–Crippen MR) is 96.5 cm³/mol. The highest BCUT2D eigenvalue weighted by molar-refractivity contribution is 5.40. The van der Waals surface area contributed by atoms with Crippen molar-refractivity contribution in [3.63, 3.8) is 0 Å². The number of halogens is 4. The molecule has 2 rings (SSSR count). The van der Waals surface area contributed by atoms with Crippen LogP contribution in [0.4, 0.5) is 17.6 Å². The summed E-state index contributed by atoms with van der Waals surface area (Å²) in [5, 5.41) is 10.7. The lowest BCUT2D eigenvalue weighted by molar-refractivity contribution is -0.266. The molecule has 0 saturated heterocycles. The number of alkyl halides is 3. The SMILES string of the molecule is COc1ccc(F)cc1C(C)(C)CC(O)(Cc1cccc(C)c1)C(F)(F)F. The number of aliphatic hydroxyl groups is 1. The van der Waals surface area contributed by atoms with Gasteiger partial charge in [-0.15, -0.1) is 0 Å². The summed E-state index contributed by atoms with van der Waals surface area (Å²) in [5.41, 5.74) is -2.69. The third-order valence-electron chi connectivity index (χ3n) is 4.73. The van der Waals surface area contributed by atoms with Crippen LogP contribution >= 0.6 is 0 Å². The number of benzene rings is 2. The third-order valence-corrected chi connectivity index (χ3v) is 4.73. The van der Waals surface area contributed by atoms with E-state index in [0.717, 1.165) is 11.6 Å². The van der Waals surface area contributed by atoms with Gasteiger partial charge in [-0.2, -0.15) is 13.2 Å². The third kappa shape index (κ3) is 4.80. The number of hydrogen-bond donors (Lipinski definition) is 1. The van der Waals surface area contributed by atoms with Crippen molar-refractivity contribution < 1.29 is 27.4 Å². The van der Waals surface area contributed by atoms with E-state index in [9.17, 15) is 22.7 Å². The Bertz CT molecular complexity index is 799. The molecule has 0 aromatic heterocycles. The maximum absolute atomic E-state index is 13.8. The van der Waals surface area contributed by atoms with Crippen molar-refractivity contribution in [2.75, 3.05) is 7.11 Å². The summed E-state index contributed by atoms with van der Waals surface area (Å²) >= 11 is 0. The zero-order valence-electron chi connectivity index (χ0n) is 15.8. The van der Waals surface area contributed by atoms with E-state index in [2.05, 4.69) is 0 Å². The molecule has 0 aliphatic heterocycles. The molecule has 148 valence electrons. The molecule has 1 unspecified atom stereocenters. The Morgan fingerprint density at radius 1 is 1.04 bits per heavy atom. The quantitative estimate of drug-likeness (QED) is 0.681. The molecule has 0 spiro atoms. The first-order valence-electron chi connectivity index (χ1n) is 8.57. The number of ether oxygens (including phenoxy) is 1. The summed E-state index contributed by atoms with van der Waals surface area (Å²) in [7, 11) is 1.37. The maximum Gasteiger partial charge on any atom is 0.417 e. The number of aryl methyl sites for hydroxylation is 1. The van der Waals surface area contributed by atoms with Crippen molar-refractivity contribution >= 4 is 0 Å². The average molecular weight is 384 g/mol. The van der Waals surface area contributed by atoms with E-state index in [1.807, 2.05) is 0 Å². The summed E-state index contributed by atoms with van der Waals surface area (Å²) in [5.74, 6) is -0.297. The minimum Gasteiger partial charge on any atom is -0.496 e. The normalized spacial score (nSPS) is 14.7. The minimum atomic E-state index is -4.85. The summed E-state index contributed by atoms with van der Waals surface area (Å²) in [6.45, 7) is 4.85. The van der Waals surface area contributed by atoms with Gasteiger partial charge in [-0.25, -0.2) is 4.39 Å². The molecule has 0 heterocycles. The molecule has 27 heavy (non-hydrogen) atoms. The van der Waals surface area contributed by atoms with Crippen LogP contribution < -0.4 is 4.74 Å². The van der Waals surface area contributed by atoms with E-state index in [0.29, 0.717) is 5.56 Å². The van der Waals surface area contributed by atoms with Crippen molar-refractivity contribution in [3.05, 3.63) is 65.0 Å². The maximum atomic E-state index is 13.8. The number of hydrogen-bond acceptors (Lipinski definition) is 2. The van der Waals surface area contributed by atoms with Gasteiger partial charge in [-0.1, -0.05) is 43.7 Å². The first kappa shape index (κ1) is 21.2. The van der Waals surface area contributed by atoms with E-state index in [4.69, 9.17) is 4.74 Å². The Hall–Kier alpha value is -2.08. The van der Waals surface area contributed by atoms with E-state index >= 15 is 0 Å². The fourth-order valence-corrected chi connectivity index (χ4v) is 3.46. The fourth-order valence-electron chi connectivity index (χ4n) is 3.46. The van der Waals surface area contributed by atoms with Gasteiger partial charge in [0.25, 0.3) is 0 Å². The number of rotatable bonds is 6. The van der Waals surface area contributed by atoms with Crippen LogP contribution in [0.25, 0.3) is 0 Å². The van der Waals surface area contributed by atoms with Gasteiger partial charge in [0, 0.05) is 12.0 Å². The van der Waals surface area contributed by atoms with Crippen molar-refractivity contribution in [1.82, 2.24) is 0 Å². The zero-order valence-corrected chi connectivity index (χ0v) is 15.8. The Balaban J connectivity index is 2.45. The van der Waals surface area contributed by atoms with Crippen molar-refractivity contribution in [3.8, 4) is 5.75 Å². The van der Waals surface area contributed by atoms with Gasteiger partial charge >= 0.3 is 6.18 Å². The highest BCUT2D eigenvalue weighted by Gasteiger charge is 2.56. The van der Waals surface area contributed by atoms with Gasteiger partial charge in [0.05, 0.1) is 7.11 Å². The molecule has 1 atom stereocenters. The van der Waals surface area contributed by atoms with E-state index in [1.165, 1.54) is 33.1 Å². The largest absolute Gasteiger partial charge is 0.496 e. The van der Waals surface area contributed by atoms with Gasteiger partial charge in [0.2, 0.25) is 0 Å². The molecule has 6 heteroatoms. The first-order valence-corrected chi connectivity index (χ1v) is 8.57. The Morgan fingerprint density at radius 2 is 1.70 bits per heavy atom. The van der Waals surface area contributed by atoms with Gasteiger partial charge in [-0.3, -0.25) is 0 Å².